The fourth-order valence-electron chi connectivity index (χ4n) is 3.24. The Bertz CT molecular complexity index is 1110. The summed E-state index contributed by atoms with van der Waals surface area (Å²) in [5.41, 5.74) is 0.871. The molecule has 0 spiro atoms. The van der Waals surface area contributed by atoms with E-state index in [1.807, 2.05) is 37.3 Å². The van der Waals surface area contributed by atoms with Crippen LogP contribution in [0.5, 0.6) is 5.75 Å². The van der Waals surface area contributed by atoms with Crippen LogP contribution < -0.4 is 10.6 Å². The maximum Gasteiger partial charge on any atom is 0.269 e. The smallest absolute Gasteiger partial charge is 0.269 e. The lowest BCUT2D eigenvalue weighted by atomic mass is 9.82. The zero-order valence-corrected chi connectivity index (χ0v) is 18.6. The Morgan fingerprint density at radius 2 is 1.71 bits per heavy atom. The van der Waals surface area contributed by atoms with Crippen molar-refractivity contribution < 1.29 is 28.0 Å². The maximum absolute atomic E-state index is 12.6. The average Bonchev–Trinajstić information content (AvgIpc) is 2.76. The van der Waals surface area contributed by atoms with Crippen molar-refractivity contribution in [2.75, 3.05) is 19.5 Å². The molecule has 3 atom stereocenters. The number of nitrogens with one attached hydrogen (secondary N) is 2. The molecule has 166 valence electrons. The third-order valence-electron chi connectivity index (χ3n) is 5.12. The molecule has 31 heavy (non-hydrogen) atoms. The number of halogens is 1. The van der Waals surface area contributed by atoms with E-state index in [1.54, 1.807) is 0 Å². The van der Waals surface area contributed by atoms with Gasteiger partial charge >= 0.3 is 0 Å². The van der Waals surface area contributed by atoms with Crippen molar-refractivity contribution in [3.05, 3.63) is 53.1 Å². The van der Waals surface area contributed by atoms with E-state index in [0.29, 0.717) is 4.47 Å². The Kier molecular flexibility index (Phi) is 6.68. The van der Waals surface area contributed by atoms with Crippen LogP contribution in [-0.4, -0.2) is 55.8 Å². The summed E-state index contributed by atoms with van der Waals surface area (Å²) < 4.78 is 25.8. The van der Waals surface area contributed by atoms with Gasteiger partial charge in [0.15, 0.2) is 5.75 Å². The van der Waals surface area contributed by atoms with E-state index in [-0.39, 0.29) is 16.8 Å². The second-order valence-electron chi connectivity index (χ2n) is 7.00. The topological polar surface area (TPSA) is 125 Å². The Balaban J connectivity index is 1.87. The van der Waals surface area contributed by atoms with Gasteiger partial charge in [0.25, 0.3) is 10.0 Å². The normalized spacial score (nSPS) is 19.9. The minimum Gasteiger partial charge on any atom is -0.504 e. The van der Waals surface area contributed by atoms with E-state index in [9.17, 15) is 23.1 Å². The van der Waals surface area contributed by atoms with Crippen molar-refractivity contribution >= 4 is 38.9 Å². The van der Waals surface area contributed by atoms with Gasteiger partial charge in [-0.1, -0.05) is 46.4 Å². The molecule has 0 bridgehead atoms. The third kappa shape index (κ3) is 4.30. The second kappa shape index (κ2) is 8.93. The van der Waals surface area contributed by atoms with Crippen molar-refractivity contribution in [3.8, 4) is 5.75 Å². The van der Waals surface area contributed by atoms with Crippen LogP contribution in [0.15, 0.2) is 47.4 Å². The van der Waals surface area contributed by atoms with E-state index in [4.69, 9.17) is 16.4 Å². The van der Waals surface area contributed by atoms with Crippen molar-refractivity contribution in [3.63, 3.8) is 0 Å². The van der Waals surface area contributed by atoms with Crippen LogP contribution in [0, 0.1) is 0 Å². The lowest BCUT2D eigenvalue weighted by Gasteiger charge is -2.37. The van der Waals surface area contributed by atoms with E-state index in [0.717, 1.165) is 19.7 Å². The zero-order valence-electron chi connectivity index (χ0n) is 17.0. The lowest BCUT2D eigenvalue weighted by Crippen LogP contribution is -2.67. The fraction of sp³-hybridized carbons (Fsp3) is 0.300. The van der Waals surface area contributed by atoms with E-state index >= 15 is 0 Å². The molecule has 0 aromatic heterocycles. The quantitative estimate of drug-likeness (QED) is 0.305. The molecule has 3 unspecified atom stereocenters. The standard InChI is InChI=1S/C20H22ClN3O6S/c1-11(12-7-5-4-6-8-12)22-15-16(19(27)18(15)26)23-14-10-9-13(21)20(17(14)25)31(28,29)24(2)30-3/h4-11,15-16,22-23,25H,1-3H3. The van der Waals surface area contributed by atoms with E-state index < -0.39 is 44.3 Å². The third-order valence-corrected chi connectivity index (χ3v) is 7.30. The molecule has 3 N–H and O–H groups in total. The monoisotopic (exact) mass is 467 g/mol. The number of Topliss-reactive ketones (excluding diaryl/α,β-unsaturated/α-hetero) is 2. The van der Waals surface area contributed by atoms with Gasteiger partial charge in [-0.2, -0.15) is 0 Å². The number of ketones is 2. The minimum atomic E-state index is -4.27. The lowest BCUT2D eigenvalue weighted by molar-refractivity contribution is -0.145. The Morgan fingerprint density at radius 1 is 1.10 bits per heavy atom. The number of anilines is 1. The number of carbonyl (C=O) groups is 2. The summed E-state index contributed by atoms with van der Waals surface area (Å²) in [6, 6.07) is 9.91. The van der Waals surface area contributed by atoms with Crippen LogP contribution in [0.4, 0.5) is 5.69 Å². The number of rotatable bonds is 8. The average molecular weight is 468 g/mol. The summed E-state index contributed by atoms with van der Waals surface area (Å²) >= 11 is 6.01. The van der Waals surface area contributed by atoms with Crippen molar-refractivity contribution in [2.45, 2.75) is 29.9 Å². The Morgan fingerprint density at radius 3 is 2.32 bits per heavy atom. The van der Waals surface area contributed by atoms with Crippen LogP contribution in [0.2, 0.25) is 5.02 Å². The summed E-state index contributed by atoms with van der Waals surface area (Å²) in [5, 5.41) is 16.2. The number of hydroxylamine groups is 1. The van der Waals surface area contributed by atoms with Gasteiger partial charge in [-0.25, -0.2) is 8.42 Å². The van der Waals surface area contributed by atoms with E-state index in [1.165, 1.54) is 12.1 Å². The highest BCUT2D eigenvalue weighted by atomic mass is 35.5. The summed E-state index contributed by atoms with van der Waals surface area (Å²) in [5.74, 6) is -1.95. The van der Waals surface area contributed by atoms with Crippen LogP contribution in [0.1, 0.15) is 18.5 Å². The molecule has 0 saturated heterocycles. The molecule has 1 aliphatic rings. The number of sulfonamides is 1. The molecular weight excluding hydrogens is 446 g/mol. The van der Waals surface area contributed by atoms with Crippen LogP contribution >= 0.6 is 11.6 Å². The van der Waals surface area contributed by atoms with Gasteiger partial charge in [0.05, 0.1) is 17.8 Å². The molecule has 9 nitrogen and oxygen atoms in total. The Hall–Kier alpha value is -2.50. The number of hydrogen-bond acceptors (Lipinski definition) is 8. The molecule has 11 heteroatoms. The fourth-order valence-corrected chi connectivity index (χ4v) is 4.81. The number of benzene rings is 2. The molecule has 3 rings (SSSR count). The predicted octanol–water partition coefficient (Wildman–Crippen LogP) is 1.88. The first kappa shape index (κ1) is 23.2. The first-order valence-electron chi connectivity index (χ1n) is 9.29. The first-order chi connectivity index (χ1) is 14.6. The van der Waals surface area contributed by atoms with Gasteiger partial charge in [0, 0.05) is 13.1 Å². The minimum absolute atomic E-state index is 0.0579. The van der Waals surface area contributed by atoms with Crippen molar-refractivity contribution in [1.29, 1.82) is 0 Å². The summed E-state index contributed by atoms with van der Waals surface area (Å²) in [6.07, 6.45) is 0. The Labute approximate surface area is 185 Å². The van der Waals surface area contributed by atoms with Crippen LogP contribution in [-0.2, 0) is 24.4 Å². The van der Waals surface area contributed by atoms with Gasteiger partial charge in [0.1, 0.15) is 17.0 Å². The highest BCUT2D eigenvalue weighted by Gasteiger charge is 2.50. The molecule has 0 aliphatic heterocycles. The number of nitrogens with zero attached hydrogens (tertiary/aromatic N) is 1. The molecule has 1 saturated carbocycles. The van der Waals surface area contributed by atoms with Crippen LogP contribution in [0.3, 0.4) is 0 Å². The summed E-state index contributed by atoms with van der Waals surface area (Å²) in [7, 11) is -1.98. The second-order valence-corrected chi connectivity index (χ2v) is 9.28. The summed E-state index contributed by atoms with van der Waals surface area (Å²) in [6.45, 7) is 1.85. The number of phenols is 1. The predicted molar refractivity (Wildman–Crippen MR) is 114 cm³/mol. The number of aromatic hydroxyl groups is 1. The molecule has 0 radical (unpaired) electrons. The molecule has 1 fully saturated rings. The summed E-state index contributed by atoms with van der Waals surface area (Å²) in [4.78, 5) is 28.5. The van der Waals surface area contributed by atoms with Gasteiger partial charge in [-0.3, -0.25) is 19.7 Å². The largest absolute Gasteiger partial charge is 0.504 e. The van der Waals surface area contributed by atoms with Gasteiger partial charge in [-0.15, -0.1) is 0 Å². The van der Waals surface area contributed by atoms with Gasteiger partial charge < -0.3 is 10.4 Å². The number of phenolic OH excluding ortho intramolecular Hbond substituents is 1. The van der Waals surface area contributed by atoms with Crippen molar-refractivity contribution in [2.24, 2.45) is 0 Å². The highest BCUT2D eigenvalue weighted by Crippen LogP contribution is 2.39. The number of hydrogen-bond donors (Lipinski definition) is 3. The van der Waals surface area contributed by atoms with Gasteiger partial charge in [-0.05, 0) is 24.6 Å². The van der Waals surface area contributed by atoms with E-state index in [2.05, 4.69) is 10.6 Å². The maximum atomic E-state index is 12.6. The molecular formula is C20H22ClN3O6S. The van der Waals surface area contributed by atoms with Gasteiger partial charge in [0.2, 0.25) is 11.6 Å². The molecule has 1 aliphatic carbocycles. The SMILES string of the molecule is CON(C)S(=O)(=O)c1c(Cl)ccc(NC2C(=O)C(=O)C2NC(C)c2ccccc2)c1O. The molecule has 2 aromatic rings. The first-order valence-corrected chi connectivity index (χ1v) is 11.1. The number of carbonyl (C=O) groups excluding carboxylic acids is 2. The zero-order chi connectivity index (χ0) is 22.9. The molecule has 0 amide bonds. The highest BCUT2D eigenvalue weighted by molar-refractivity contribution is 7.89. The molecule has 0 heterocycles. The molecule has 2 aromatic carbocycles. The van der Waals surface area contributed by atoms with Crippen molar-refractivity contribution in [1.82, 2.24) is 9.79 Å². The van der Waals surface area contributed by atoms with Crippen LogP contribution in [0.25, 0.3) is 0 Å².